The Bertz CT molecular complexity index is 341. The third-order valence-electron chi connectivity index (χ3n) is 4.13. The van der Waals surface area contributed by atoms with Crippen LogP contribution in [0.2, 0.25) is 0 Å². The topological polar surface area (TPSA) is 120 Å². The van der Waals surface area contributed by atoms with E-state index in [4.69, 9.17) is 10.5 Å². The van der Waals surface area contributed by atoms with Gasteiger partial charge in [0.1, 0.15) is 0 Å². The Morgan fingerprint density at radius 1 is 0.357 bits per heavy atom. The number of nitriles is 2. The molecule has 0 aromatic rings. The zero-order chi connectivity index (χ0) is 20.4. The predicted molar refractivity (Wildman–Crippen MR) is 116 cm³/mol. The van der Waals surface area contributed by atoms with Gasteiger partial charge in [0.25, 0.3) is 0 Å². The van der Waals surface area contributed by atoms with Gasteiger partial charge >= 0.3 is 0 Å². The maximum absolute atomic E-state index is 8.42. The van der Waals surface area contributed by atoms with Crippen molar-refractivity contribution in [1.82, 2.24) is 31.9 Å². The average molecular weight is 395 g/mol. The zero-order valence-corrected chi connectivity index (χ0v) is 17.6. The van der Waals surface area contributed by atoms with Gasteiger partial charge in [-0.25, -0.2) is 0 Å². The second-order valence-corrected chi connectivity index (χ2v) is 6.73. The van der Waals surface area contributed by atoms with Crippen LogP contribution in [0.1, 0.15) is 38.5 Å². The summed E-state index contributed by atoms with van der Waals surface area (Å²) in [5, 5.41) is 37.2. The standard InChI is InChI=1S/C20H42N8/c21-7-1-9-23-11-3-13-25-15-5-17-27-19-20-28-18-6-16-26-14-4-12-24-10-2-8-22/h23-28H,1-6,9-20H2. The van der Waals surface area contributed by atoms with E-state index >= 15 is 0 Å². The molecule has 0 unspecified atom stereocenters. The summed E-state index contributed by atoms with van der Waals surface area (Å²) in [5.41, 5.74) is 0. The van der Waals surface area contributed by atoms with Crippen LogP contribution in [0.3, 0.4) is 0 Å². The lowest BCUT2D eigenvalue weighted by atomic mass is 10.3. The van der Waals surface area contributed by atoms with Gasteiger partial charge in [-0.1, -0.05) is 0 Å². The maximum atomic E-state index is 8.42. The lowest BCUT2D eigenvalue weighted by Crippen LogP contribution is -2.31. The zero-order valence-electron chi connectivity index (χ0n) is 17.6. The molecule has 0 bridgehead atoms. The number of nitrogens with one attached hydrogen (secondary N) is 6. The minimum Gasteiger partial charge on any atom is -0.317 e. The molecule has 0 fully saturated rings. The molecular formula is C20H42N8. The van der Waals surface area contributed by atoms with Gasteiger partial charge in [0, 0.05) is 39.0 Å². The first-order valence-electron chi connectivity index (χ1n) is 10.9. The Morgan fingerprint density at radius 2 is 0.607 bits per heavy atom. The van der Waals surface area contributed by atoms with Gasteiger partial charge in [-0.2, -0.15) is 10.5 Å². The van der Waals surface area contributed by atoms with E-state index in [1.807, 2.05) is 0 Å². The molecule has 28 heavy (non-hydrogen) atoms. The first-order valence-corrected chi connectivity index (χ1v) is 10.9. The highest BCUT2D eigenvalue weighted by atomic mass is 15.0. The first kappa shape index (κ1) is 26.7. The minimum absolute atomic E-state index is 0.592. The number of nitrogens with zero attached hydrogens (tertiary/aromatic N) is 2. The molecular weight excluding hydrogens is 352 g/mol. The van der Waals surface area contributed by atoms with Crippen LogP contribution in [0.15, 0.2) is 0 Å². The van der Waals surface area contributed by atoms with Crippen molar-refractivity contribution in [2.24, 2.45) is 0 Å². The molecule has 0 saturated heterocycles. The van der Waals surface area contributed by atoms with E-state index in [1.54, 1.807) is 0 Å². The maximum Gasteiger partial charge on any atom is 0.0635 e. The molecule has 0 radical (unpaired) electrons. The van der Waals surface area contributed by atoms with Gasteiger partial charge in [0.15, 0.2) is 0 Å². The van der Waals surface area contributed by atoms with Crippen molar-refractivity contribution >= 4 is 0 Å². The number of rotatable bonds is 23. The Labute approximate surface area is 172 Å². The lowest BCUT2D eigenvalue weighted by Gasteiger charge is -2.08. The van der Waals surface area contributed by atoms with Crippen LogP contribution in [0.25, 0.3) is 0 Å². The van der Waals surface area contributed by atoms with Crippen molar-refractivity contribution in [3.05, 3.63) is 0 Å². The molecule has 0 spiro atoms. The smallest absolute Gasteiger partial charge is 0.0635 e. The van der Waals surface area contributed by atoms with E-state index < -0.39 is 0 Å². The van der Waals surface area contributed by atoms with Crippen LogP contribution in [0, 0.1) is 22.7 Å². The van der Waals surface area contributed by atoms with Gasteiger partial charge in [0.05, 0.1) is 12.1 Å². The summed E-state index contributed by atoms with van der Waals surface area (Å²) in [4.78, 5) is 0. The molecule has 0 atom stereocenters. The van der Waals surface area contributed by atoms with Crippen LogP contribution in [-0.4, -0.2) is 78.5 Å². The molecule has 0 saturated carbocycles. The van der Waals surface area contributed by atoms with Gasteiger partial charge in [-0.05, 0) is 78.0 Å². The fourth-order valence-corrected chi connectivity index (χ4v) is 2.57. The normalized spacial score (nSPS) is 10.6. The SMILES string of the molecule is N#CCCNCCCNCCCNCCNCCCNCCCNCCC#N. The second kappa shape index (κ2) is 25.7. The van der Waals surface area contributed by atoms with Gasteiger partial charge in [-0.3, -0.25) is 0 Å². The van der Waals surface area contributed by atoms with Crippen molar-refractivity contribution in [1.29, 1.82) is 10.5 Å². The largest absolute Gasteiger partial charge is 0.317 e. The number of hydrogen-bond acceptors (Lipinski definition) is 8. The van der Waals surface area contributed by atoms with Crippen molar-refractivity contribution in [3.8, 4) is 12.1 Å². The Kier molecular flexibility index (Phi) is 24.6. The third kappa shape index (κ3) is 24.7. The third-order valence-corrected chi connectivity index (χ3v) is 4.13. The van der Waals surface area contributed by atoms with E-state index in [0.717, 1.165) is 104 Å². The highest BCUT2D eigenvalue weighted by molar-refractivity contribution is 4.70. The fourth-order valence-electron chi connectivity index (χ4n) is 2.57. The molecule has 0 heterocycles. The summed E-state index contributed by atoms with van der Waals surface area (Å²) in [6.07, 6.45) is 5.70. The summed E-state index contributed by atoms with van der Waals surface area (Å²) in [7, 11) is 0. The molecule has 0 aliphatic carbocycles. The van der Waals surface area contributed by atoms with Gasteiger partial charge in [-0.15, -0.1) is 0 Å². The van der Waals surface area contributed by atoms with Crippen LogP contribution in [-0.2, 0) is 0 Å². The summed E-state index contributed by atoms with van der Waals surface area (Å²) in [6, 6.07) is 4.26. The fraction of sp³-hybridized carbons (Fsp3) is 0.900. The van der Waals surface area contributed by atoms with E-state index in [0.29, 0.717) is 12.8 Å². The molecule has 6 N–H and O–H groups in total. The van der Waals surface area contributed by atoms with Crippen LogP contribution in [0.5, 0.6) is 0 Å². The number of hydrogen-bond donors (Lipinski definition) is 6. The van der Waals surface area contributed by atoms with E-state index in [2.05, 4.69) is 44.0 Å². The quantitative estimate of drug-likeness (QED) is 0.133. The molecule has 162 valence electrons. The molecule has 0 aliphatic rings. The van der Waals surface area contributed by atoms with Gasteiger partial charge in [0.2, 0.25) is 0 Å². The highest BCUT2D eigenvalue weighted by Crippen LogP contribution is 1.80. The van der Waals surface area contributed by atoms with Crippen molar-refractivity contribution in [3.63, 3.8) is 0 Å². The Hall–Kier alpha value is -1.26. The summed E-state index contributed by atoms with van der Waals surface area (Å²) in [6.45, 7) is 11.9. The van der Waals surface area contributed by atoms with Crippen molar-refractivity contribution < 1.29 is 0 Å². The molecule has 8 nitrogen and oxygen atoms in total. The molecule has 0 aliphatic heterocycles. The summed E-state index contributed by atoms with van der Waals surface area (Å²) >= 11 is 0. The van der Waals surface area contributed by atoms with E-state index in [1.165, 1.54) is 0 Å². The Balaban J connectivity index is 2.98. The molecule has 0 aromatic heterocycles. The molecule has 8 heteroatoms. The van der Waals surface area contributed by atoms with Crippen LogP contribution >= 0.6 is 0 Å². The van der Waals surface area contributed by atoms with E-state index in [9.17, 15) is 0 Å². The minimum atomic E-state index is 0.592. The van der Waals surface area contributed by atoms with Crippen LogP contribution in [0.4, 0.5) is 0 Å². The monoisotopic (exact) mass is 394 g/mol. The van der Waals surface area contributed by atoms with Crippen molar-refractivity contribution in [2.75, 3.05) is 78.5 Å². The Morgan fingerprint density at radius 3 is 0.893 bits per heavy atom. The molecule has 0 amide bonds. The lowest BCUT2D eigenvalue weighted by molar-refractivity contribution is 0.543. The highest BCUT2D eigenvalue weighted by Gasteiger charge is 1.93. The van der Waals surface area contributed by atoms with Crippen LogP contribution < -0.4 is 31.9 Å². The molecule has 0 aromatic carbocycles. The molecule has 0 rings (SSSR count). The average Bonchev–Trinajstić information content (AvgIpc) is 2.71. The summed E-state index contributed by atoms with van der Waals surface area (Å²) < 4.78 is 0. The summed E-state index contributed by atoms with van der Waals surface area (Å²) in [5.74, 6) is 0. The van der Waals surface area contributed by atoms with E-state index in [-0.39, 0.29) is 0 Å². The second-order valence-electron chi connectivity index (χ2n) is 6.73. The van der Waals surface area contributed by atoms with Crippen molar-refractivity contribution in [2.45, 2.75) is 38.5 Å². The predicted octanol–water partition coefficient (Wildman–Crippen LogP) is -0.0882. The first-order chi connectivity index (χ1) is 13.9. The van der Waals surface area contributed by atoms with Gasteiger partial charge < -0.3 is 31.9 Å².